The van der Waals surface area contributed by atoms with Crippen LogP contribution in [0.2, 0.25) is 0 Å². The Bertz CT molecular complexity index is 492. The van der Waals surface area contributed by atoms with Gasteiger partial charge in [0, 0.05) is 20.1 Å². The lowest BCUT2D eigenvalue weighted by atomic mass is 10.1. The van der Waals surface area contributed by atoms with Crippen LogP contribution in [0.3, 0.4) is 0 Å². The van der Waals surface area contributed by atoms with Crippen molar-refractivity contribution in [3.05, 3.63) is 29.6 Å². The molecule has 19 heavy (non-hydrogen) atoms. The lowest BCUT2D eigenvalue weighted by molar-refractivity contribution is -0.129. The summed E-state index contributed by atoms with van der Waals surface area (Å²) in [6, 6.07) is 6.24. The number of anilines is 1. The van der Waals surface area contributed by atoms with Gasteiger partial charge in [-0.1, -0.05) is 6.07 Å². The summed E-state index contributed by atoms with van der Waals surface area (Å²) in [4.78, 5) is 15.3. The first kappa shape index (κ1) is 15.0. The molecule has 0 aliphatic carbocycles. The largest absolute Gasteiger partial charge is 0.364 e. The molecule has 0 aliphatic rings. The molecule has 102 valence electrons. The highest BCUT2D eigenvalue weighted by Crippen LogP contribution is 2.21. The quantitative estimate of drug-likeness (QED) is 0.816. The lowest BCUT2D eigenvalue weighted by Crippen LogP contribution is -2.39. The summed E-state index contributed by atoms with van der Waals surface area (Å²) >= 11 is 0. The molecular formula is C14H18FN3O. The van der Waals surface area contributed by atoms with Crippen molar-refractivity contribution in [3.63, 3.8) is 0 Å². The summed E-state index contributed by atoms with van der Waals surface area (Å²) in [7, 11) is 1.68. The van der Waals surface area contributed by atoms with Gasteiger partial charge in [0.25, 0.3) is 0 Å². The van der Waals surface area contributed by atoms with Gasteiger partial charge in [-0.25, -0.2) is 4.39 Å². The Kier molecular flexibility index (Phi) is 5.31. The van der Waals surface area contributed by atoms with Gasteiger partial charge in [0.2, 0.25) is 5.91 Å². The zero-order chi connectivity index (χ0) is 14.4. The van der Waals surface area contributed by atoms with Crippen LogP contribution in [-0.4, -0.2) is 37.5 Å². The number of nitrogens with zero attached hydrogens (tertiary/aromatic N) is 3. The van der Waals surface area contributed by atoms with Crippen LogP contribution in [0.25, 0.3) is 0 Å². The van der Waals surface area contributed by atoms with E-state index >= 15 is 0 Å². The molecule has 1 amide bonds. The van der Waals surface area contributed by atoms with Gasteiger partial charge in [0.15, 0.2) is 0 Å². The van der Waals surface area contributed by atoms with E-state index in [4.69, 9.17) is 5.26 Å². The number of carbonyl (C=O) groups is 1. The van der Waals surface area contributed by atoms with Crippen LogP contribution in [0.15, 0.2) is 18.2 Å². The van der Waals surface area contributed by atoms with Crippen LogP contribution in [-0.2, 0) is 4.79 Å². The van der Waals surface area contributed by atoms with E-state index in [0.717, 1.165) is 0 Å². The molecule has 0 N–H and O–H groups in total. The van der Waals surface area contributed by atoms with E-state index < -0.39 is 5.82 Å². The number of benzene rings is 1. The molecule has 0 saturated carbocycles. The van der Waals surface area contributed by atoms with E-state index in [-0.39, 0.29) is 18.0 Å². The first-order valence-corrected chi connectivity index (χ1v) is 6.22. The van der Waals surface area contributed by atoms with Gasteiger partial charge in [-0.05, 0) is 26.0 Å². The van der Waals surface area contributed by atoms with Gasteiger partial charge < -0.3 is 9.80 Å². The van der Waals surface area contributed by atoms with Gasteiger partial charge in [0.1, 0.15) is 17.4 Å². The molecule has 1 aromatic carbocycles. The van der Waals surface area contributed by atoms with Gasteiger partial charge in [-0.15, -0.1) is 0 Å². The summed E-state index contributed by atoms with van der Waals surface area (Å²) in [6.45, 7) is 5.21. The fraction of sp³-hybridized carbons (Fsp3) is 0.429. The predicted octanol–water partition coefficient (Wildman–Crippen LogP) is 2.00. The number of halogens is 1. The van der Waals surface area contributed by atoms with Gasteiger partial charge in [-0.3, -0.25) is 4.79 Å². The second kappa shape index (κ2) is 6.74. The van der Waals surface area contributed by atoms with Crippen molar-refractivity contribution in [3.8, 4) is 6.07 Å². The Hall–Kier alpha value is -2.09. The molecular weight excluding hydrogens is 245 g/mol. The van der Waals surface area contributed by atoms with Crippen molar-refractivity contribution < 1.29 is 9.18 Å². The molecule has 0 fully saturated rings. The lowest BCUT2D eigenvalue weighted by Gasteiger charge is -2.25. The van der Waals surface area contributed by atoms with Crippen LogP contribution in [0.1, 0.15) is 19.4 Å². The average molecular weight is 263 g/mol. The van der Waals surface area contributed by atoms with E-state index in [2.05, 4.69) is 0 Å². The Morgan fingerprint density at radius 3 is 2.53 bits per heavy atom. The third-order valence-corrected chi connectivity index (χ3v) is 3.00. The molecule has 0 aliphatic heterocycles. The molecule has 1 aromatic rings. The zero-order valence-electron chi connectivity index (χ0n) is 11.5. The van der Waals surface area contributed by atoms with E-state index in [1.165, 1.54) is 12.1 Å². The maximum Gasteiger partial charge on any atom is 0.242 e. The topological polar surface area (TPSA) is 47.3 Å². The Morgan fingerprint density at radius 2 is 2.00 bits per heavy atom. The highest BCUT2D eigenvalue weighted by atomic mass is 19.1. The first-order valence-electron chi connectivity index (χ1n) is 6.22. The Morgan fingerprint density at radius 1 is 1.37 bits per heavy atom. The first-order chi connectivity index (χ1) is 9.04. The fourth-order valence-electron chi connectivity index (χ4n) is 1.91. The van der Waals surface area contributed by atoms with Gasteiger partial charge in [0.05, 0.1) is 12.2 Å². The molecule has 0 heterocycles. The minimum atomic E-state index is -0.567. The number of hydrogen-bond donors (Lipinski definition) is 0. The monoisotopic (exact) mass is 263 g/mol. The van der Waals surface area contributed by atoms with Crippen LogP contribution < -0.4 is 4.90 Å². The standard InChI is InChI=1S/C14H18FN3O/c1-4-18(5-2)14(19)10-17(3)13-8-6-7-12(15)11(13)9-16/h6-8H,4-5,10H2,1-3H3. The normalized spacial score (nSPS) is 9.84. The molecule has 0 atom stereocenters. The molecule has 0 saturated heterocycles. The second-order valence-corrected chi connectivity index (χ2v) is 4.17. The molecule has 0 bridgehead atoms. The van der Waals surface area contributed by atoms with E-state index in [9.17, 15) is 9.18 Å². The molecule has 0 unspecified atom stereocenters. The summed E-state index contributed by atoms with van der Waals surface area (Å²) in [5.74, 6) is -0.609. The van der Waals surface area contributed by atoms with Gasteiger partial charge >= 0.3 is 0 Å². The molecule has 4 nitrogen and oxygen atoms in total. The maximum absolute atomic E-state index is 13.5. The molecule has 0 spiro atoms. The number of amides is 1. The Balaban J connectivity index is 2.91. The van der Waals surface area contributed by atoms with Crippen LogP contribution in [0, 0.1) is 17.1 Å². The van der Waals surface area contributed by atoms with Crippen LogP contribution in [0.4, 0.5) is 10.1 Å². The minimum Gasteiger partial charge on any atom is -0.364 e. The van der Waals surface area contributed by atoms with Crippen molar-refractivity contribution in [2.24, 2.45) is 0 Å². The second-order valence-electron chi connectivity index (χ2n) is 4.17. The van der Waals surface area contributed by atoms with Crippen molar-refractivity contribution in [1.82, 2.24) is 4.90 Å². The minimum absolute atomic E-state index is 0.0302. The van der Waals surface area contributed by atoms with E-state index in [1.54, 1.807) is 22.9 Å². The van der Waals surface area contributed by atoms with Gasteiger partial charge in [-0.2, -0.15) is 5.26 Å². The molecule has 1 rings (SSSR count). The number of hydrogen-bond acceptors (Lipinski definition) is 3. The van der Waals surface area contributed by atoms with Crippen molar-refractivity contribution in [2.75, 3.05) is 31.6 Å². The summed E-state index contributed by atoms with van der Waals surface area (Å²) < 4.78 is 13.5. The zero-order valence-corrected chi connectivity index (χ0v) is 11.5. The SMILES string of the molecule is CCN(CC)C(=O)CN(C)c1cccc(F)c1C#N. The maximum atomic E-state index is 13.5. The number of carbonyl (C=O) groups excluding carboxylic acids is 1. The number of likely N-dealkylation sites (N-methyl/N-ethyl adjacent to an activating group) is 2. The summed E-state index contributed by atoms with van der Waals surface area (Å²) in [5, 5.41) is 8.97. The predicted molar refractivity (Wildman–Crippen MR) is 72.3 cm³/mol. The molecule has 0 radical (unpaired) electrons. The van der Waals surface area contributed by atoms with Crippen molar-refractivity contribution in [1.29, 1.82) is 5.26 Å². The number of rotatable bonds is 5. The Labute approximate surface area is 113 Å². The fourth-order valence-corrected chi connectivity index (χ4v) is 1.91. The van der Waals surface area contributed by atoms with E-state index in [0.29, 0.717) is 18.8 Å². The summed E-state index contributed by atoms with van der Waals surface area (Å²) in [6.07, 6.45) is 0. The van der Waals surface area contributed by atoms with Crippen molar-refractivity contribution in [2.45, 2.75) is 13.8 Å². The highest BCUT2D eigenvalue weighted by Gasteiger charge is 2.16. The van der Waals surface area contributed by atoms with Crippen LogP contribution >= 0.6 is 0 Å². The third kappa shape index (κ3) is 3.44. The third-order valence-electron chi connectivity index (χ3n) is 3.00. The average Bonchev–Trinajstić information content (AvgIpc) is 2.39. The highest BCUT2D eigenvalue weighted by molar-refractivity contribution is 5.82. The molecule has 5 heteroatoms. The summed E-state index contributed by atoms with van der Waals surface area (Å²) in [5.41, 5.74) is 0.403. The number of nitriles is 1. The van der Waals surface area contributed by atoms with E-state index in [1.807, 2.05) is 19.9 Å². The van der Waals surface area contributed by atoms with Crippen LogP contribution in [0.5, 0.6) is 0 Å². The smallest absolute Gasteiger partial charge is 0.242 e. The van der Waals surface area contributed by atoms with Crippen molar-refractivity contribution >= 4 is 11.6 Å². The molecule has 0 aromatic heterocycles.